The molecule has 0 saturated carbocycles. The predicted octanol–water partition coefficient (Wildman–Crippen LogP) is 2.77. The molecule has 0 aliphatic carbocycles. The van der Waals surface area contributed by atoms with Crippen LogP contribution in [0.1, 0.15) is 34.6 Å². The molecule has 0 heterocycles. The molecule has 0 unspecified atom stereocenters. The molecule has 1 rings (SSSR count). The molecule has 0 bridgehead atoms. The van der Waals surface area contributed by atoms with Crippen LogP contribution in [0.4, 0.5) is 4.79 Å². The van der Waals surface area contributed by atoms with E-state index in [4.69, 9.17) is 9.47 Å². The van der Waals surface area contributed by atoms with Gasteiger partial charge in [0, 0.05) is 10.0 Å². The van der Waals surface area contributed by atoms with Gasteiger partial charge in [-0.1, -0.05) is 15.9 Å². The van der Waals surface area contributed by atoms with Crippen LogP contribution in [-0.4, -0.2) is 35.7 Å². The van der Waals surface area contributed by atoms with E-state index in [0.717, 1.165) is 4.47 Å². The number of halogens is 1. The monoisotopic (exact) mass is 414 g/mol. The molecule has 2 N–H and O–H groups in total. The van der Waals surface area contributed by atoms with Crippen LogP contribution in [0.3, 0.4) is 0 Å². The second-order valence-electron chi connectivity index (χ2n) is 6.49. The molecule has 3 amide bonds. The summed E-state index contributed by atoms with van der Waals surface area (Å²) in [5.74, 6) is -0.929. The lowest BCUT2D eigenvalue weighted by Gasteiger charge is -2.21. The van der Waals surface area contributed by atoms with Crippen LogP contribution < -0.4 is 15.4 Å². The van der Waals surface area contributed by atoms with E-state index in [-0.39, 0.29) is 0 Å². The Morgan fingerprint density at radius 3 is 2.12 bits per heavy atom. The summed E-state index contributed by atoms with van der Waals surface area (Å²) >= 11 is 3.30. The van der Waals surface area contributed by atoms with Crippen molar-refractivity contribution in [1.82, 2.24) is 10.6 Å². The Kier molecular flexibility index (Phi) is 7.41. The highest BCUT2D eigenvalue weighted by Gasteiger charge is 2.25. The fraction of sp³-hybridized carbons (Fsp3) is 0.471. The molecule has 1 aromatic carbocycles. The summed E-state index contributed by atoms with van der Waals surface area (Å²) < 4.78 is 11.4. The predicted molar refractivity (Wildman–Crippen MR) is 96.2 cm³/mol. The minimum absolute atomic E-state index is 0.489. The van der Waals surface area contributed by atoms with Gasteiger partial charge in [-0.25, -0.2) is 9.59 Å². The molecule has 25 heavy (non-hydrogen) atoms. The van der Waals surface area contributed by atoms with Gasteiger partial charge in [0.25, 0.3) is 5.91 Å². The van der Waals surface area contributed by atoms with Gasteiger partial charge in [0.15, 0.2) is 12.2 Å². The molecule has 2 atom stereocenters. The lowest BCUT2D eigenvalue weighted by molar-refractivity contribution is -0.160. The normalized spacial score (nSPS) is 13.4. The number of urea groups is 1. The quantitative estimate of drug-likeness (QED) is 0.722. The first-order valence-corrected chi connectivity index (χ1v) is 8.53. The van der Waals surface area contributed by atoms with Gasteiger partial charge in [-0.15, -0.1) is 0 Å². The van der Waals surface area contributed by atoms with Crippen LogP contribution in [0.25, 0.3) is 0 Å². The van der Waals surface area contributed by atoms with E-state index in [1.807, 2.05) is 0 Å². The minimum atomic E-state index is -1.13. The third-order valence-corrected chi connectivity index (χ3v) is 3.37. The van der Waals surface area contributed by atoms with E-state index in [0.29, 0.717) is 5.75 Å². The van der Waals surface area contributed by atoms with Crippen molar-refractivity contribution in [3.05, 3.63) is 28.7 Å². The molecule has 0 fully saturated rings. The number of benzene rings is 1. The Morgan fingerprint density at radius 1 is 1.04 bits per heavy atom. The van der Waals surface area contributed by atoms with Gasteiger partial charge in [0.05, 0.1) is 0 Å². The van der Waals surface area contributed by atoms with Gasteiger partial charge < -0.3 is 14.8 Å². The van der Waals surface area contributed by atoms with Crippen LogP contribution >= 0.6 is 15.9 Å². The maximum absolute atomic E-state index is 12.0. The second kappa shape index (κ2) is 8.84. The highest BCUT2D eigenvalue weighted by Crippen LogP contribution is 2.17. The number of ether oxygens (including phenoxy) is 2. The number of carbonyl (C=O) groups excluding carboxylic acids is 3. The highest BCUT2D eigenvalue weighted by atomic mass is 79.9. The van der Waals surface area contributed by atoms with Crippen LogP contribution in [-0.2, 0) is 14.3 Å². The molecule has 0 saturated heterocycles. The van der Waals surface area contributed by atoms with E-state index in [2.05, 4.69) is 26.6 Å². The van der Waals surface area contributed by atoms with E-state index in [1.165, 1.54) is 13.8 Å². The van der Waals surface area contributed by atoms with Crippen molar-refractivity contribution in [1.29, 1.82) is 0 Å². The van der Waals surface area contributed by atoms with Gasteiger partial charge >= 0.3 is 12.0 Å². The first kappa shape index (κ1) is 21.0. The SMILES string of the molecule is C[C@@H](OC(=O)[C@@H](C)Oc1ccc(Br)cc1)C(=O)NC(=O)NC(C)(C)C. The van der Waals surface area contributed by atoms with Crippen molar-refractivity contribution < 1.29 is 23.9 Å². The highest BCUT2D eigenvalue weighted by molar-refractivity contribution is 9.10. The van der Waals surface area contributed by atoms with Gasteiger partial charge in [0.2, 0.25) is 0 Å². The maximum atomic E-state index is 12.0. The second-order valence-corrected chi connectivity index (χ2v) is 7.40. The maximum Gasteiger partial charge on any atom is 0.347 e. The Hall–Kier alpha value is -2.09. The van der Waals surface area contributed by atoms with Crippen LogP contribution in [0.2, 0.25) is 0 Å². The molecule has 0 aliphatic heterocycles. The summed E-state index contributed by atoms with van der Waals surface area (Å²) in [6.07, 6.45) is -2.03. The molecule has 138 valence electrons. The van der Waals surface area contributed by atoms with Crippen molar-refractivity contribution in [3.8, 4) is 5.75 Å². The van der Waals surface area contributed by atoms with Gasteiger partial charge in [0.1, 0.15) is 5.75 Å². The Labute approximate surface area is 155 Å². The molecule has 0 spiro atoms. The third kappa shape index (κ3) is 8.02. The van der Waals surface area contributed by atoms with Crippen molar-refractivity contribution in [2.75, 3.05) is 0 Å². The Morgan fingerprint density at radius 2 is 1.60 bits per heavy atom. The number of carbonyl (C=O) groups is 3. The summed E-state index contributed by atoms with van der Waals surface area (Å²) in [5, 5.41) is 4.70. The fourth-order valence-corrected chi connectivity index (χ4v) is 1.94. The van der Waals surface area contributed by atoms with E-state index in [9.17, 15) is 14.4 Å². The molecular weight excluding hydrogens is 392 g/mol. The number of hydrogen-bond acceptors (Lipinski definition) is 5. The van der Waals surface area contributed by atoms with Gasteiger partial charge in [-0.05, 0) is 58.9 Å². The zero-order valence-electron chi connectivity index (χ0n) is 14.9. The summed E-state index contributed by atoms with van der Waals surface area (Å²) in [6.45, 7) is 8.23. The number of nitrogens with one attached hydrogen (secondary N) is 2. The summed E-state index contributed by atoms with van der Waals surface area (Å²) in [5.41, 5.74) is -0.489. The smallest absolute Gasteiger partial charge is 0.347 e. The molecule has 1 aromatic rings. The largest absolute Gasteiger partial charge is 0.479 e. The van der Waals surface area contributed by atoms with E-state index >= 15 is 0 Å². The average molecular weight is 415 g/mol. The topological polar surface area (TPSA) is 93.7 Å². The van der Waals surface area contributed by atoms with E-state index in [1.54, 1.807) is 45.0 Å². The summed E-state index contributed by atoms with van der Waals surface area (Å²) in [4.78, 5) is 35.6. The van der Waals surface area contributed by atoms with Crippen LogP contribution in [0.5, 0.6) is 5.75 Å². The minimum Gasteiger partial charge on any atom is -0.479 e. The van der Waals surface area contributed by atoms with Gasteiger partial charge in [-0.3, -0.25) is 10.1 Å². The number of amides is 3. The van der Waals surface area contributed by atoms with Crippen LogP contribution in [0, 0.1) is 0 Å². The van der Waals surface area contributed by atoms with Crippen molar-refractivity contribution in [3.63, 3.8) is 0 Å². The fourth-order valence-electron chi connectivity index (χ4n) is 1.67. The zero-order chi connectivity index (χ0) is 19.2. The third-order valence-electron chi connectivity index (χ3n) is 2.85. The molecule has 8 heteroatoms. The average Bonchev–Trinajstić information content (AvgIpc) is 2.47. The lowest BCUT2D eigenvalue weighted by atomic mass is 10.1. The molecule has 0 aromatic heterocycles. The molecule has 0 aliphatic rings. The Bertz CT molecular complexity index is 625. The number of esters is 1. The van der Waals surface area contributed by atoms with Crippen molar-refractivity contribution in [2.45, 2.75) is 52.4 Å². The summed E-state index contributed by atoms with van der Waals surface area (Å²) in [7, 11) is 0. The first-order valence-electron chi connectivity index (χ1n) is 7.73. The number of hydrogen-bond donors (Lipinski definition) is 2. The number of imide groups is 1. The van der Waals surface area contributed by atoms with Crippen LogP contribution in [0.15, 0.2) is 28.7 Å². The summed E-state index contributed by atoms with van der Waals surface area (Å²) in [6, 6.07) is 6.29. The van der Waals surface area contributed by atoms with Crippen molar-refractivity contribution in [2.24, 2.45) is 0 Å². The molecule has 7 nitrogen and oxygen atoms in total. The lowest BCUT2D eigenvalue weighted by Crippen LogP contribution is -2.51. The molecule has 0 radical (unpaired) electrons. The van der Waals surface area contributed by atoms with Gasteiger partial charge in [-0.2, -0.15) is 0 Å². The molecular formula is C17H23BrN2O5. The van der Waals surface area contributed by atoms with E-state index < -0.39 is 35.7 Å². The Balaban J connectivity index is 2.50. The standard InChI is InChI=1S/C17H23BrN2O5/c1-10(14(21)19-16(23)20-17(3,4)5)25-15(22)11(2)24-13-8-6-12(18)7-9-13/h6-11H,1-5H3,(H2,19,20,21,23)/t10-,11-/m1/s1. The first-order chi connectivity index (χ1) is 11.5. The number of rotatable bonds is 5. The zero-order valence-corrected chi connectivity index (χ0v) is 16.5. The van der Waals surface area contributed by atoms with Crippen molar-refractivity contribution >= 4 is 33.8 Å².